The summed E-state index contributed by atoms with van der Waals surface area (Å²) >= 11 is 5.60. The lowest BCUT2D eigenvalue weighted by Crippen LogP contribution is -2.47. The molecule has 2 saturated heterocycles. The first kappa shape index (κ1) is 44.7. The first-order valence-corrected chi connectivity index (χ1v) is 19.8. The molecule has 61 heavy (non-hydrogen) atoms. The molecule has 3 N–H and O–H groups in total. The number of nitrogens with zero attached hydrogens (tertiary/aromatic N) is 9. The Morgan fingerprint density at radius 1 is 0.721 bits per heavy atom. The van der Waals surface area contributed by atoms with E-state index < -0.39 is 36.3 Å². The first-order chi connectivity index (χ1) is 29.2. The molecule has 8 rings (SSSR count). The van der Waals surface area contributed by atoms with Crippen molar-refractivity contribution in [2.24, 2.45) is 25.9 Å². The molecule has 6 aromatic rings. The van der Waals surface area contributed by atoms with Crippen LogP contribution in [0.5, 0.6) is 0 Å². The van der Waals surface area contributed by atoms with E-state index in [9.17, 15) is 35.9 Å². The van der Waals surface area contributed by atoms with Crippen molar-refractivity contribution in [2.45, 2.75) is 51.4 Å². The van der Waals surface area contributed by atoms with Crippen LogP contribution in [0.25, 0.3) is 21.8 Å². The fourth-order valence-electron chi connectivity index (χ4n) is 6.60. The van der Waals surface area contributed by atoms with Gasteiger partial charge in [0.2, 0.25) is 12.9 Å². The number of benzene rings is 2. The molecule has 2 amide bonds. The lowest BCUT2D eigenvalue weighted by molar-refractivity contribution is 0.101. The smallest absolute Gasteiger partial charge is 0.275 e. The fourth-order valence-corrected chi connectivity index (χ4v) is 6.70. The summed E-state index contributed by atoms with van der Waals surface area (Å²) in [5.41, 5.74) is 1.31. The topological polar surface area (TPSA) is 161 Å². The van der Waals surface area contributed by atoms with Crippen LogP contribution < -0.4 is 20.9 Å². The number of alkyl halides is 4. The number of rotatable bonds is 13. The zero-order chi connectivity index (χ0) is 43.6. The Morgan fingerprint density at radius 3 is 1.64 bits per heavy atom. The molecule has 0 spiro atoms. The van der Waals surface area contributed by atoms with Crippen molar-refractivity contribution >= 4 is 62.4 Å². The van der Waals surface area contributed by atoms with Gasteiger partial charge in [-0.05, 0) is 74.9 Å². The van der Waals surface area contributed by atoms with E-state index in [2.05, 4.69) is 46.1 Å². The van der Waals surface area contributed by atoms with Crippen molar-refractivity contribution < 1.29 is 35.9 Å². The van der Waals surface area contributed by atoms with E-state index in [0.29, 0.717) is 52.6 Å². The molecule has 2 aliphatic heterocycles. The number of carbonyl (C=O) groups is 2. The van der Waals surface area contributed by atoms with Crippen LogP contribution in [0.1, 0.15) is 59.5 Å². The number of nitrogens with one attached hydrogen (secondary N) is 3. The van der Waals surface area contributed by atoms with E-state index in [0.717, 1.165) is 39.0 Å². The van der Waals surface area contributed by atoms with Crippen LogP contribution in [0.15, 0.2) is 61.4 Å². The van der Waals surface area contributed by atoms with Gasteiger partial charge < -0.3 is 20.9 Å². The third-order valence-electron chi connectivity index (χ3n) is 9.81. The maximum absolute atomic E-state index is 14.2. The van der Waals surface area contributed by atoms with Gasteiger partial charge in [-0.2, -0.15) is 10.2 Å². The second-order valence-corrected chi connectivity index (χ2v) is 15.1. The summed E-state index contributed by atoms with van der Waals surface area (Å²) in [5.74, 6) is -0.327. The number of anilines is 3. The number of hydrogen-bond donors (Lipinski definition) is 3. The predicted octanol–water partition coefficient (Wildman–Crippen LogP) is 7.68. The third kappa shape index (κ3) is 12.6. The maximum atomic E-state index is 14.2. The number of aryl methyl sites for hydroxylation is 2. The molecule has 0 bridgehead atoms. The van der Waals surface area contributed by atoms with Crippen molar-refractivity contribution in [2.75, 3.05) is 41.7 Å². The molecule has 21 heteroatoms. The van der Waals surface area contributed by atoms with Crippen LogP contribution in [-0.4, -0.2) is 90.3 Å². The van der Waals surface area contributed by atoms with Gasteiger partial charge >= 0.3 is 0 Å². The van der Waals surface area contributed by atoms with E-state index >= 15 is 0 Å². The van der Waals surface area contributed by atoms with E-state index in [1.165, 1.54) is 46.3 Å². The maximum Gasteiger partial charge on any atom is 0.275 e. The van der Waals surface area contributed by atoms with Gasteiger partial charge in [0.1, 0.15) is 33.4 Å². The van der Waals surface area contributed by atoms with Crippen LogP contribution in [0.2, 0.25) is 5.15 Å². The first-order valence-electron chi connectivity index (χ1n) is 19.4. The summed E-state index contributed by atoms with van der Waals surface area (Å²) in [6, 6.07) is 5.69. The van der Waals surface area contributed by atoms with Crippen LogP contribution in [-0.2, 0) is 14.1 Å². The molecule has 14 nitrogen and oxygen atoms in total. The summed E-state index contributed by atoms with van der Waals surface area (Å²) in [6.45, 7) is 3.55. The average molecular weight is 873 g/mol. The van der Waals surface area contributed by atoms with Crippen LogP contribution >= 0.6 is 11.6 Å². The van der Waals surface area contributed by atoms with Crippen molar-refractivity contribution in [1.82, 2.24) is 44.8 Å². The van der Waals surface area contributed by atoms with Gasteiger partial charge in [-0.1, -0.05) is 11.6 Å². The van der Waals surface area contributed by atoms with Gasteiger partial charge in [-0.15, -0.1) is 0 Å². The van der Waals surface area contributed by atoms with Crippen LogP contribution in [0.4, 0.5) is 43.5 Å². The van der Waals surface area contributed by atoms with Crippen molar-refractivity contribution in [3.8, 4) is 0 Å². The number of fused-ring (bicyclic) bond motifs is 2. The summed E-state index contributed by atoms with van der Waals surface area (Å²) in [4.78, 5) is 42.4. The molecule has 2 aliphatic rings. The Bertz CT molecular complexity index is 2410. The van der Waals surface area contributed by atoms with Gasteiger partial charge in [0.25, 0.3) is 11.8 Å². The lowest BCUT2D eigenvalue weighted by atomic mass is 9.94. The van der Waals surface area contributed by atoms with Crippen molar-refractivity contribution in [3.05, 3.63) is 89.6 Å². The van der Waals surface area contributed by atoms with E-state index in [1.807, 2.05) is 4.90 Å². The van der Waals surface area contributed by atoms with Crippen molar-refractivity contribution in [1.29, 1.82) is 0 Å². The zero-order valence-corrected chi connectivity index (χ0v) is 33.9. The second-order valence-electron chi connectivity index (χ2n) is 14.7. The van der Waals surface area contributed by atoms with Crippen LogP contribution in [0, 0.1) is 23.5 Å². The largest absolute Gasteiger partial charge is 0.355 e. The molecule has 2 fully saturated rings. The highest BCUT2D eigenvalue weighted by Crippen LogP contribution is 2.27. The summed E-state index contributed by atoms with van der Waals surface area (Å²) in [6.07, 6.45) is 7.34. The number of carbonyl (C=O) groups excluding carboxylic acids is 2. The Hall–Kier alpha value is -5.89. The van der Waals surface area contributed by atoms with Crippen molar-refractivity contribution in [3.63, 3.8) is 0 Å². The minimum absolute atomic E-state index is 0.0578. The Morgan fingerprint density at radius 2 is 1.21 bits per heavy atom. The summed E-state index contributed by atoms with van der Waals surface area (Å²) < 4.78 is 78.6. The average Bonchev–Trinajstić information content (AvgIpc) is 3.75. The summed E-state index contributed by atoms with van der Waals surface area (Å²) in [5, 5.41) is 17.7. The molecule has 0 radical (unpaired) electrons. The fraction of sp³-hybridized carbons (Fsp3) is 0.400. The molecule has 6 heterocycles. The molecular formula is C40H43ClF6N12O2. The third-order valence-corrected chi connectivity index (χ3v) is 10.0. The van der Waals surface area contributed by atoms with Gasteiger partial charge in [-0.3, -0.25) is 19.0 Å². The molecule has 4 aromatic heterocycles. The molecule has 0 unspecified atom stereocenters. The number of halogens is 7. The summed E-state index contributed by atoms with van der Waals surface area (Å²) in [7, 11) is 3.39. The SMILES string of the molecule is Cn1cc2cc(NC(=O)c3cnc(Cl)cn3)cc(F)c2n1.Cn1cc2cc(NC(=O)c3cnc(N4CC(CCCC(F)F)C4)cn3)cc(F)c2n1.FC(F)CCCC1CNC1. The highest BCUT2D eigenvalue weighted by Gasteiger charge is 2.28. The monoisotopic (exact) mass is 872 g/mol. The van der Waals surface area contributed by atoms with Crippen LogP contribution in [0.3, 0.4) is 0 Å². The van der Waals surface area contributed by atoms with Gasteiger partial charge in [-0.25, -0.2) is 46.3 Å². The Balaban J connectivity index is 0.000000173. The Labute approximate surface area is 351 Å². The van der Waals surface area contributed by atoms with Gasteiger partial charge in [0, 0.05) is 74.6 Å². The molecule has 324 valence electrons. The molecule has 0 aliphatic carbocycles. The minimum atomic E-state index is -2.24. The normalized spacial score (nSPS) is 14.0. The second kappa shape index (κ2) is 20.6. The number of amides is 2. The van der Waals surface area contributed by atoms with E-state index in [4.69, 9.17) is 11.6 Å². The number of hydrogen-bond acceptors (Lipinski definition) is 10. The van der Waals surface area contributed by atoms with Gasteiger partial charge in [0.15, 0.2) is 11.6 Å². The zero-order valence-electron chi connectivity index (χ0n) is 33.1. The predicted molar refractivity (Wildman–Crippen MR) is 218 cm³/mol. The molecule has 0 atom stereocenters. The quantitative estimate of drug-likeness (QED) is 0.0983. The lowest BCUT2D eigenvalue weighted by Gasteiger charge is -2.40. The van der Waals surface area contributed by atoms with E-state index in [1.54, 1.807) is 38.6 Å². The Kier molecular flexibility index (Phi) is 15.1. The van der Waals surface area contributed by atoms with E-state index in [-0.39, 0.29) is 40.4 Å². The highest BCUT2D eigenvalue weighted by atomic mass is 35.5. The highest BCUT2D eigenvalue weighted by molar-refractivity contribution is 6.29. The molecular weight excluding hydrogens is 830 g/mol. The molecule has 2 aromatic carbocycles. The minimum Gasteiger partial charge on any atom is -0.355 e. The molecule has 0 saturated carbocycles. The van der Waals surface area contributed by atoms with Gasteiger partial charge in [0.05, 0.1) is 24.8 Å². The number of aromatic nitrogens is 8. The standard InChI is InChI=1S/C20H21F3N6O.C13H9ClFN5O.C7H13F2N/c1-28-11-13-5-14(6-15(21)19(13)27-28)26-20(30)16-7-25-18(8-24-16)29-9-12(10-29)3-2-4-17(22)23;1-20-6-7-2-8(3-9(15)12(7)19-20)18-13(21)10-4-17-11(14)5-16-10;8-7(9)3-1-2-6-4-10-5-6/h5-8,11-12,17H,2-4,9-10H2,1H3,(H,26,30);2-6H,1H3,(H,18,21);6-7,10H,1-5H2.